The fourth-order valence-electron chi connectivity index (χ4n) is 4.85. The molecule has 0 spiro atoms. The first-order valence-corrected chi connectivity index (χ1v) is 12.3. The molecule has 0 aromatic carbocycles. The number of carbonyl (C=O) groups is 1. The quantitative estimate of drug-likeness (QED) is 0.571. The van der Waals surface area contributed by atoms with Gasteiger partial charge in [0.15, 0.2) is 6.61 Å². The number of aryl methyl sites for hydroxylation is 1. The number of aromatic nitrogens is 2. The van der Waals surface area contributed by atoms with Gasteiger partial charge < -0.3 is 19.4 Å². The second-order valence-electron chi connectivity index (χ2n) is 9.58. The number of halogens is 3. The van der Waals surface area contributed by atoms with Crippen LogP contribution in [0.25, 0.3) is 0 Å². The summed E-state index contributed by atoms with van der Waals surface area (Å²) in [6.07, 6.45) is 3.15. The summed E-state index contributed by atoms with van der Waals surface area (Å²) in [6.45, 7) is 3.32. The molecule has 0 unspecified atom stereocenters. The third-order valence-corrected chi connectivity index (χ3v) is 6.87. The van der Waals surface area contributed by atoms with E-state index in [4.69, 9.17) is 9.15 Å². The first kappa shape index (κ1) is 25.5. The Morgan fingerprint density at radius 3 is 2.77 bits per heavy atom. The fraction of sp³-hybridized carbons (Fsp3) is 0.640. The zero-order valence-corrected chi connectivity index (χ0v) is 20.1. The minimum absolute atomic E-state index is 0.0253. The van der Waals surface area contributed by atoms with Crippen LogP contribution in [0.15, 0.2) is 22.7 Å². The van der Waals surface area contributed by atoms with E-state index in [1.165, 1.54) is 0 Å². The van der Waals surface area contributed by atoms with Crippen molar-refractivity contribution >= 4 is 5.91 Å². The molecular weight excluding hydrogens is 461 g/mol. The van der Waals surface area contributed by atoms with Crippen molar-refractivity contribution in [1.29, 1.82) is 0 Å². The largest absolute Gasteiger partial charge is 0.472 e. The van der Waals surface area contributed by atoms with E-state index < -0.39 is 18.7 Å². The van der Waals surface area contributed by atoms with E-state index in [9.17, 15) is 13.6 Å². The van der Waals surface area contributed by atoms with Crippen LogP contribution < -0.4 is 10.1 Å². The highest BCUT2D eigenvalue weighted by Gasteiger charge is 2.36. The fourth-order valence-corrected chi connectivity index (χ4v) is 4.85. The number of amides is 1. The zero-order valence-electron chi connectivity index (χ0n) is 20.1. The van der Waals surface area contributed by atoms with Crippen LogP contribution in [-0.2, 0) is 24.1 Å². The number of fused-ring (bicyclic) bond motifs is 1. The lowest BCUT2D eigenvalue weighted by Crippen LogP contribution is -2.43. The number of carbonyl (C=O) groups excluding carboxylic acids is 1. The summed E-state index contributed by atoms with van der Waals surface area (Å²) in [5.41, 5.74) is 0.725. The molecule has 2 aromatic heterocycles. The number of nitrogens with zero attached hydrogens (tertiary/aromatic N) is 3. The number of oxazole rings is 1. The van der Waals surface area contributed by atoms with Crippen molar-refractivity contribution in [2.45, 2.75) is 76.4 Å². The molecule has 1 saturated carbocycles. The topological polar surface area (TPSA) is 80.5 Å². The van der Waals surface area contributed by atoms with Gasteiger partial charge in [0.25, 0.3) is 6.43 Å². The summed E-state index contributed by atoms with van der Waals surface area (Å²) in [5, 5.41) is 2.98. The summed E-state index contributed by atoms with van der Waals surface area (Å²) in [5.74, 6) is 1.13. The number of nitrogens with one attached hydrogen (secondary N) is 1. The Bertz CT molecular complexity index is 992. The molecule has 1 amide bonds. The molecule has 0 atom stereocenters. The molecule has 0 bridgehead atoms. The normalized spacial score (nSPS) is 23.1. The molecule has 1 aliphatic heterocycles. The molecule has 2 aliphatic rings. The van der Waals surface area contributed by atoms with Crippen molar-refractivity contribution in [2.75, 3.05) is 26.2 Å². The number of ether oxygens (including phenoxy) is 1. The predicted octanol–water partition coefficient (Wildman–Crippen LogP) is 3.82. The number of hydrogen-bond acceptors (Lipinski definition) is 6. The monoisotopic (exact) mass is 494 g/mol. The Morgan fingerprint density at radius 2 is 2.06 bits per heavy atom. The van der Waals surface area contributed by atoms with Gasteiger partial charge in [-0.25, -0.2) is 23.1 Å². The maximum absolute atomic E-state index is 15.5. The van der Waals surface area contributed by atoms with Crippen LogP contribution in [0.2, 0.25) is 0 Å². The Labute approximate surface area is 203 Å². The molecule has 1 aliphatic carbocycles. The molecule has 3 heterocycles. The van der Waals surface area contributed by atoms with Crippen molar-refractivity contribution in [2.24, 2.45) is 0 Å². The Hall–Kier alpha value is -2.62. The second kappa shape index (κ2) is 11.4. The highest BCUT2D eigenvalue weighted by Crippen LogP contribution is 2.35. The number of alkyl halides is 3. The molecule has 1 N–H and O–H groups in total. The Balaban J connectivity index is 1.19. The summed E-state index contributed by atoms with van der Waals surface area (Å²) in [4.78, 5) is 22.9. The van der Waals surface area contributed by atoms with Crippen LogP contribution in [0.3, 0.4) is 0 Å². The smallest absolute Gasteiger partial charge is 0.272 e. The molecule has 2 aromatic rings. The number of rotatable bonds is 9. The number of hydrogen-bond donors (Lipinski definition) is 1. The van der Waals surface area contributed by atoms with Gasteiger partial charge in [-0.1, -0.05) is 6.07 Å². The van der Waals surface area contributed by atoms with Gasteiger partial charge in [-0.05, 0) is 51.0 Å². The lowest BCUT2D eigenvalue weighted by Gasteiger charge is -2.35. The van der Waals surface area contributed by atoms with Crippen LogP contribution in [-0.4, -0.2) is 65.2 Å². The predicted molar refractivity (Wildman–Crippen MR) is 123 cm³/mol. The van der Waals surface area contributed by atoms with Crippen molar-refractivity contribution < 1.29 is 27.1 Å². The van der Waals surface area contributed by atoms with Gasteiger partial charge in [0.1, 0.15) is 17.8 Å². The van der Waals surface area contributed by atoms with Crippen molar-refractivity contribution in [3.63, 3.8) is 0 Å². The van der Waals surface area contributed by atoms with Gasteiger partial charge in [-0.3, -0.25) is 4.79 Å². The van der Waals surface area contributed by atoms with Gasteiger partial charge in [-0.2, -0.15) is 0 Å². The Kier molecular flexibility index (Phi) is 8.30. The van der Waals surface area contributed by atoms with Crippen LogP contribution in [0.5, 0.6) is 5.88 Å². The molecule has 0 radical (unpaired) electrons. The van der Waals surface area contributed by atoms with Gasteiger partial charge in [0, 0.05) is 43.9 Å². The molecular formula is C25H33F3N4O3. The molecule has 7 nitrogen and oxygen atoms in total. The minimum atomic E-state index is -2.53. The van der Waals surface area contributed by atoms with Gasteiger partial charge in [0.05, 0.1) is 6.20 Å². The number of pyridine rings is 1. The summed E-state index contributed by atoms with van der Waals surface area (Å²) >= 11 is 0. The molecule has 10 heteroatoms. The van der Waals surface area contributed by atoms with Crippen molar-refractivity contribution in [1.82, 2.24) is 20.2 Å². The highest BCUT2D eigenvalue weighted by molar-refractivity contribution is 5.77. The van der Waals surface area contributed by atoms with Gasteiger partial charge in [0.2, 0.25) is 17.7 Å². The van der Waals surface area contributed by atoms with Crippen molar-refractivity contribution in [3.05, 3.63) is 41.2 Å². The molecule has 192 valence electrons. The van der Waals surface area contributed by atoms with E-state index >= 15 is 4.39 Å². The lowest BCUT2D eigenvalue weighted by molar-refractivity contribution is -0.122. The maximum Gasteiger partial charge on any atom is 0.272 e. The van der Waals surface area contributed by atoms with Crippen molar-refractivity contribution in [3.8, 4) is 5.88 Å². The standard InChI is InChI=1S/C25H33F3N4O3/c1-17-15-29-24(35-17)14-22(33)30-19-4-8-25(28,9-5-19)10-13-32-11-6-18-2-3-23(34-16-21(26)27)31-20(18)7-12-32/h2-3,15,19,21H,4-14,16H2,1H3,(H,30,33). The zero-order chi connectivity index (χ0) is 24.8. The summed E-state index contributed by atoms with van der Waals surface area (Å²) in [6, 6.07) is 3.50. The van der Waals surface area contributed by atoms with Crippen LogP contribution >= 0.6 is 0 Å². The average molecular weight is 495 g/mol. The third-order valence-electron chi connectivity index (χ3n) is 6.87. The van der Waals surface area contributed by atoms with E-state index in [2.05, 4.69) is 20.2 Å². The average Bonchev–Trinajstić information content (AvgIpc) is 3.12. The first-order valence-electron chi connectivity index (χ1n) is 12.3. The van der Waals surface area contributed by atoms with Crippen LogP contribution in [0.1, 0.15) is 55.0 Å². The highest BCUT2D eigenvalue weighted by atomic mass is 19.3. The molecule has 0 saturated heterocycles. The van der Waals surface area contributed by atoms with Gasteiger partial charge in [-0.15, -0.1) is 0 Å². The van der Waals surface area contributed by atoms with Crippen LogP contribution in [0, 0.1) is 6.92 Å². The van der Waals surface area contributed by atoms with E-state index in [-0.39, 0.29) is 24.2 Å². The minimum Gasteiger partial charge on any atom is -0.472 e. The Morgan fingerprint density at radius 1 is 1.29 bits per heavy atom. The first-order chi connectivity index (χ1) is 16.8. The maximum atomic E-state index is 15.5. The molecule has 35 heavy (non-hydrogen) atoms. The second-order valence-corrected chi connectivity index (χ2v) is 9.58. The van der Waals surface area contributed by atoms with E-state index in [0.717, 1.165) is 30.8 Å². The van der Waals surface area contributed by atoms with Gasteiger partial charge >= 0.3 is 0 Å². The summed E-state index contributed by atoms with van der Waals surface area (Å²) in [7, 11) is 0. The molecule has 1 fully saturated rings. The van der Waals surface area contributed by atoms with E-state index in [1.807, 2.05) is 6.07 Å². The van der Waals surface area contributed by atoms with E-state index in [1.54, 1.807) is 19.2 Å². The third kappa shape index (κ3) is 7.43. The van der Waals surface area contributed by atoms with E-state index in [0.29, 0.717) is 56.7 Å². The summed E-state index contributed by atoms with van der Waals surface area (Å²) < 4.78 is 50.7. The lowest BCUT2D eigenvalue weighted by atomic mass is 9.81. The SMILES string of the molecule is Cc1cnc(CC(=O)NC2CCC(F)(CCN3CCc4ccc(OCC(F)F)nc4CC3)CC2)o1. The van der Waals surface area contributed by atoms with Crippen LogP contribution in [0.4, 0.5) is 13.2 Å². The molecule has 4 rings (SSSR count).